The predicted molar refractivity (Wildman–Crippen MR) is 34.0 cm³/mol. The Labute approximate surface area is 67.6 Å². The summed E-state index contributed by atoms with van der Waals surface area (Å²) >= 11 is 0. The molecule has 0 aromatic rings. The first-order valence-corrected chi connectivity index (χ1v) is 3.37. The molecule has 1 heterocycles. The van der Waals surface area contributed by atoms with Gasteiger partial charge in [-0.3, -0.25) is 4.79 Å². The molecule has 1 atom stereocenters. The van der Waals surface area contributed by atoms with E-state index < -0.39 is 23.6 Å². The van der Waals surface area contributed by atoms with Gasteiger partial charge < -0.3 is 10.2 Å². The number of hydrogen-bond donors (Lipinski definition) is 2. The molecule has 0 aliphatic carbocycles. The number of carboxylic acid groups (broad SMARTS) is 2. The second-order valence-corrected chi connectivity index (χ2v) is 2.44. The van der Waals surface area contributed by atoms with Crippen molar-refractivity contribution >= 4 is 11.9 Å². The van der Waals surface area contributed by atoms with Crippen molar-refractivity contribution in [3.05, 3.63) is 0 Å². The predicted octanol–water partition coefficient (Wildman–Crippen LogP) is -0.160. The van der Waals surface area contributed by atoms with E-state index in [0.29, 0.717) is 0 Å². The van der Waals surface area contributed by atoms with Gasteiger partial charge in [0.25, 0.3) is 0 Å². The summed E-state index contributed by atoms with van der Waals surface area (Å²) < 4.78 is 0. The molecular weight excluding hydrogens is 168 g/mol. The summed E-state index contributed by atoms with van der Waals surface area (Å²) in [7, 11) is 0. The molecule has 0 aromatic heterocycles. The van der Waals surface area contributed by atoms with Crippen LogP contribution in [0, 0.1) is 5.92 Å². The molecule has 0 bridgehead atoms. The molecule has 0 radical (unpaired) electrons. The van der Waals surface area contributed by atoms with Gasteiger partial charge in [-0.2, -0.15) is 9.78 Å². The Balaban J connectivity index is 2.78. The SMILES string of the molecule is CCC(C(=O)O)C1(C(=O)O)OO1. The van der Waals surface area contributed by atoms with Crippen molar-refractivity contribution in [2.45, 2.75) is 19.1 Å². The van der Waals surface area contributed by atoms with Crippen LogP contribution in [0.4, 0.5) is 0 Å². The van der Waals surface area contributed by atoms with Gasteiger partial charge in [-0.05, 0) is 6.42 Å². The molecule has 0 spiro atoms. The van der Waals surface area contributed by atoms with Crippen LogP contribution in [0.2, 0.25) is 0 Å². The molecule has 1 rings (SSSR count). The molecule has 1 aliphatic rings. The van der Waals surface area contributed by atoms with Gasteiger partial charge in [0.2, 0.25) is 0 Å². The summed E-state index contributed by atoms with van der Waals surface area (Å²) in [5, 5.41) is 17.1. The highest BCUT2D eigenvalue weighted by atomic mass is 17.4. The molecule has 0 aromatic carbocycles. The van der Waals surface area contributed by atoms with Crippen LogP contribution in [-0.4, -0.2) is 27.9 Å². The largest absolute Gasteiger partial charge is 0.481 e. The lowest BCUT2D eigenvalue weighted by atomic mass is 9.97. The molecule has 0 saturated carbocycles. The Morgan fingerprint density at radius 3 is 2.00 bits per heavy atom. The molecule has 2 N–H and O–H groups in total. The van der Waals surface area contributed by atoms with Crippen molar-refractivity contribution in [3.8, 4) is 0 Å². The van der Waals surface area contributed by atoms with Gasteiger partial charge in [0.15, 0.2) is 0 Å². The van der Waals surface area contributed by atoms with Crippen LogP contribution in [0.25, 0.3) is 0 Å². The maximum Gasteiger partial charge on any atom is 0.371 e. The number of carbonyl (C=O) groups is 2. The average molecular weight is 176 g/mol. The molecule has 6 heteroatoms. The third-order valence-corrected chi connectivity index (χ3v) is 1.73. The number of aliphatic carboxylic acids is 2. The molecule has 6 nitrogen and oxygen atoms in total. The zero-order chi connectivity index (χ0) is 9.35. The van der Waals surface area contributed by atoms with Crippen molar-refractivity contribution in [3.63, 3.8) is 0 Å². The summed E-state index contributed by atoms with van der Waals surface area (Å²) in [6, 6.07) is 0. The van der Waals surface area contributed by atoms with Crippen LogP contribution >= 0.6 is 0 Å². The minimum Gasteiger partial charge on any atom is -0.481 e. The quantitative estimate of drug-likeness (QED) is 0.456. The Bertz CT molecular complexity index is 218. The lowest BCUT2D eigenvalue weighted by Crippen LogP contribution is -2.37. The number of carboxylic acids is 2. The van der Waals surface area contributed by atoms with Crippen molar-refractivity contribution in [1.29, 1.82) is 0 Å². The van der Waals surface area contributed by atoms with E-state index in [1.54, 1.807) is 6.92 Å². The fourth-order valence-electron chi connectivity index (χ4n) is 0.987. The highest BCUT2D eigenvalue weighted by Gasteiger charge is 2.65. The fraction of sp³-hybridized carbons (Fsp3) is 0.667. The van der Waals surface area contributed by atoms with Crippen LogP contribution < -0.4 is 0 Å². The molecule has 0 amide bonds. The Kier molecular flexibility index (Phi) is 2.03. The molecule has 1 fully saturated rings. The maximum atomic E-state index is 10.5. The maximum absolute atomic E-state index is 10.5. The first-order chi connectivity index (χ1) is 5.54. The van der Waals surface area contributed by atoms with E-state index >= 15 is 0 Å². The Hall–Kier alpha value is -1.14. The van der Waals surface area contributed by atoms with E-state index in [0.717, 1.165) is 0 Å². The van der Waals surface area contributed by atoms with Crippen LogP contribution in [0.3, 0.4) is 0 Å². The lowest BCUT2D eigenvalue weighted by Gasteiger charge is -2.09. The number of hydrogen-bond acceptors (Lipinski definition) is 4. The van der Waals surface area contributed by atoms with Crippen molar-refractivity contribution in [1.82, 2.24) is 0 Å². The van der Waals surface area contributed by atoms with Gasteiger partial charge in [-0.25, -0.2) is 4.79 Å². The summed E-state index contributed by atoms with van der Waals surface area (Å²) in [4.78, 5) is 29.4. The van der Waals surface area contributed by atoms with Crippen molar-refractivity contribution in [2.24, 2.45) is 5.92 Å². The third-order valence-electron chi connectivity index (χ3n) is 1.73. The Morgan fingerprint density at radius 1 is 1.42 bits per heavy atom. The van der Waals surface area contributed by atoms with Crippen LogP contribution in [0.15, 0.2) is 0 Å². The van der Waals surface area contributed by atoms with E-state index in [9.17, 15) is 9.59 Å². The highest BCUT2D eigenvalue weighted by Crippen LogP contribution is 2.39. The van der Waals surface area contributed by atoms with Crippen molar-refractivity contribution in [2.75, 3.05) is 0 Å². The van der Waals surface area contributed by atoms with E-state index in [4.69, 9.17) is 10.2 Å². The summed E-state index contributed by atoms with van der Waals surface area (Å²) in [6.45, 7) is 1.55. The smallest absolute Gasteiger partial charge is 0.371 e. The summed E-state index contributed by atoms with van der Waals surface area (Å²) in [5.74, 6) is -5.75. The number of rotatable bonds is 4. The molecule has 1 aliphatic heterocycles. The summed E-state index contributed by atoms with van der Waals surface area (Å²) in [6.07, 6.45) is 0.141. The van der Waals surface area contributed by atoms with E-state index in [1.165, 1.54) is 0 Å². The zero-order valence-electron chi connectivity index (χ0n) is 6.31. The van der Waals surface area contributed by atoms with E-state index in [2.05, 4.69) is 9.78 Å². The molecule has 12 heavy (non-hydrogen) atoms. The topological polar surface area (TPSA) is 99.7 Å². The Morgan fingerprint density at radius 2 is 1.92 bits per heavy atom. The first-order valence-electron chi connectivity index (χ1n) is 3.37. The summed E-state index contributed by atoms with van der Waals surface area (Å²) in [5.41, 5.74) is 0. The average Bonchev–Trinajstić information content (AvgIpc) is 2.69. The molecule has 68 valence electrons. The van der Waals surface area contributed by atoms with Gasteiger partial charge in [0, 0.05) is 0 Å². The van der Waals surface area contributed by atoms with Crippen LogP contribution in [0.1, 0.15) is 13.3 Å². The van der Waals surface area contributed by atoms with Crippen molar-refractivity contribution < 1.29 is 29.6 Å². The zero-order valence-corrected chi connectivity index (χ0v) is 6.31. The third kappa shape index (κ3) is 1.15. The minimum atomic E-state index is -1.94. The van der Waals surface area contributed by atoms with Gasteiger partial charge in [0.05, 0.1) is 0 Å². The first kappa shape index (κ1) is 8.95. The highest BCUT2D eigenvalue weighted by molar-refractivity contribution is 5.85. The van der Waals surface area contributed by atoms with Gasteiger partial charge in [-0.15, -0.1) is 0 Å². The van der Waals surface area contributed by atoms with Crippen LogP contribution in [0.5, 0.6) is 0 Å². The monoisotopic (exact) mass is 176 g/mol. The molecule has 1 saturated heterocycles. The standard InChI is InChI=1S/C6H8O6/c1-2-3(4(7)8)6(5(9)10)11-12-6/h3H,2H2,1H3,(H,7,8)(H,9,10). The molecular formula is C6H8O6. The van der Waals surface area contributed by atoms with Gasteiger partial charge in [-0.1, -0.05) is 6.92 Å². The second-order valence-electron chi connectivity index (χ2n) is 2.44. The van der Waals surface area contributed by atoms with E-state index in [-0.39, 0.29) is 6.42 Å². The normalized spacial score (nSPS) is 21.4. The van der Waals surface area contributed by atoms with E-state index in [1.807, 2.05) is 0 Å². The minimum absolute atomic E-state index is 0.141. The van der Waals surface area contributed by atoms with Gasteiger partial charge >= 0.3 is 17.7 Å². The lowest BCUT2D eigenvalue weighted by molar-refractivity contribution is -0.156. The second kappa shape index (κ2) is 2.72. The van der Waals surface area contributed by atoms with Gasteiger partial charge in [0.1, 0.15) is 5.92 Å². The fourth-order valence-corrected chi connectivity index (χ4v) is 0.987. The molecule has 1 unspecified atom stereocenters. The van der Waals surface area contributed by atoms with Crippen LogP contribution in [-0.2, 0) is 19.4 Å².